The molecule has 2 heteroatoms. The van der Waals surface area contributed by atoms with Crippen LogP contribution in [0.1, 0.15) is 17.7 Å². The largest absolute Gasteiger partial charge is 0.390 e. The van der Waals surface area contributed by atoms with Crippen LogP contribution in [0.25, 0.3) is 10.4 Å². The van der Waals surface area contributed by atoms with Crippen molar-refractivity contribution in [3.63, 3.8) is 0 Å². The monoisotopic (exact) mass is 230 g/mol. The molecule has 2 aromatic rings. The van der Waals surface area contributed by atoms with Gasteiger partial charge in [-0.3, -0.25) is 0 Å². The first-order valence-corrected chi connectivity index (χ1v) is 6.43. The molecule has 3 rings (SSSR count). The molecule has 0 amide bonds. The Morgan fingerprint density at radius 1 is 1.06 bits per heavy atom. The molecule has 0 spiro atoms. The Hall–Kier alpha value is -1.12. The number of hydrogen-bond acceptors (Lipinski definition) is 2. The number of rotatable bonds is 3. The van der Waals surface area contributed by atoms with Gasteiger partial charge in [0.2, 0.25) is 0 Å². The third-order valence-electron chi connectivity index (χ3n) is 3.05. The lowest BCUT2D eigenvalue weighted by Gasteiger charge is -2.03. The standard InChI is InChI=1S/C14H14OS/c15-14(8-9-14)10-12-6-7-13(16-12)11-4-2-1-3-5-11/h1-7,15H,8-10H2. The molecule has 1 heterocycles. The lowest BCUT2D eigenvalue weighted by Crippen LogP contribution is -2.08. The van der Waals surface area contributed by atoms with E-state index in [0.717, 1.165) is 19.3 Å². The first-order chi connectivity index (χ1) is 7.75. The Bertz CT molecular complexity index is 482. The molecule has 0 unspecified atom stereocenters. The predicted molar refractivity (Wildman–Crippen MR) is 67.6 cm³/mol. The van der Waals surface area contributed by atoms with Crippen LogP contribution in [0.5, 0.6) is 0 Å². The van der Waals surface area contributed by atoms with E-state index in [1.54, 1.807) is 11.3 Å². The summed E-state index contributed by atoms with van der Waals surface area (Å²) in [5.74, 6) is 0. The number of benzene rings is 1. The van der Waals surface area contributed by atoms with Crippen LogP contribution in [-0.4, -0.2) is 10.7 Å². The molecule has 1 aromatic heterocycles. The van der Waals surface area contributed by atoms with Gasteiger partial charge in [0.05, 0.1) is 5.60 Å². The van der Waals surface area contributed by atoms with Crippen LogP contribution in [0.4, 0.5) is 0 Å². The molecule has 1 nitrogen and oxygen atoms in total. The molecular formula is C14H14OS. The Morgan fingerprint density at radius 3 is 2.50 bits per heavy atom. The molecule has 0 radical (unpaired) electrons. The van der Waals surface area contributed by atoms with Crippen LogP contribution >= 0.6 is 11.3 Å². The second-order valence-corrected chi connectivity index (χ2v) is 5.70. The minimum absolute atomic E-state index is 0.376. The quantitative estimate of drug-likeness (QED) is 0.856. The summed E-state index contributed by atoms with van der Waals surface area (Å²) in [5.41, 5.74) is 0.889. The summed E-state index contributed by atoms with van der Waals surface area (Å²) in [7, 11) is 0. The van der Waals surface area contributed by atoms with E-state index < -0.39 is 0 Å². The van der Waals surface area contributed by atoms with E-state index in [0.29, 0.717) is 0 Å². The van der Waals surface area contributed by atoms with E-state index in [4.69, 9.17) is 0 Å². The maximum Gasteiger partial charge on any atom is 0.0698 e. The van der Waals surface area contributed by atoms with E-state index in [1.165, 1.54) is 15.3 Å². The van der Waals surface area contributed by atoms with E-state index in [-0.39, 0.29) is 5.60 Å². The minimum atomic E-state index is -0.376. The molecule has 1 aliphatic rings. The van der Waals surface area contributed by atoms with Gasteiger partial charge in [0.1, 0.15) is 0 Å². The molecule has 0 aliphatic heterocycles. The third kappa shape index (κ3) is 2.04. The summed E-state index contributed by atoms with van der Waals surface area (Å²) >= 11 is 1.79. The van der Waals surface area contributed by atoms with Gasteiger partial charge in [-0.1, -0.05) is 30.3 Å². The van der Waals surface area contributed by atoms with Crippen LogP contribution < -0.4 is 0 Å². The summed E-state index contributed by atoms with van der Waals surface area (Å²) in [6.07, 6.45) is 2.75. The molecule has 1 N–H and O–H groups in total. The van der Waals surface area contributed by atoms with Crippen molar-refractivity contribution in [3.8, 4) is 10.4 Å². The molecule has 1 aromatic carbocycles. The fourth-order valence-electron chi connectivity index (χ4n) is 1.88. The van der Waals surface area contributed by atoms with E-state index >= 15 is 0 Å². The average molecular weight is 230 g/mol. The van der Waals surface area contributed by atoms with E-state index in [9.17, 15) is 5.11 Å². The van der Waals surface area contributed by atoms with Crippen molar-refractivity contribution in [2.24, 2.45) is 0 Å². The zero-order chi connectivity index (χ0) is 11.0. The Morgan fingerprint density at radius 2 is 1.81 bits per heavy atom. The van der Waals surface area contributed by atoms with Crippen molar-refractivity contribution in [2.75, 3.05) is 0 Å². The summed E-state index contributed by atoms with van der Waals surface area (Å²) in [5, 5.41) is 9.87. The van der Waals surface area contributed by atoms with Gasteiger partial charge in [-0.2, -0.15) is 0 Å². The normalized spacial score (nSPS) is 17.3. The van der Waals surface area contributed by atoms with Gasteiger partial charge < -0.3 is 5.11 Å². The van der Waals surface area contributed by atoms with Crippen molar-refractivity contribution >= 4 is 11.3 Å². The highest BCUT2D eigenvalue weighted by Crippen LogP contribution is 2.40. The van der Waals surface area contributed by atoms with Crippen molar-refractivity contribution in [3.05, 3.63) is 47.3 Å². The van der Waals surface area contributed by atoms with Gasteiger partial charge >= 0.3 is 0 Å². The molecule has 1 aliphatic carbocycles. The lowest BCUT2D eigenvalue weighted by atomic mass is 10.2. The molecule has 0 atom stereocenters. The molecule has 82 valence electrons. The second-order valence-electron chi connectivity index (χ2n) is 4.53. The van der Waals surface area contributed by atoms with Crippen LogP contribution in [0.2, 0.25) is 0 Å². The van der Waals surface area contributed by atoms with Crippen molar-refractivity contribution in [1.29, 1.82) is 0 Å². The molecule has 0 bridgehead atoms. The Labute approximate surface area is 99.4 Å². The van der Waals surface area contributed by atoms with Gasteiger partial charge in [-0.05, 0) is 30.5 Å². The summed E-state index contributed by atoms with van der Waals surface area (Å²) in [6.45, 7) is 0. The van der Waals surface area contributed by atoms with Crippen molar-refractivity contribution < 1.29 is 5.11 Å². The molecular weight excluding hydrogens is 216 g/mol. The minimum Gasteiger partial charge on any atom is -0.390 e. The molecule has 0 saturated heterocycles. The highest BCUT2D eigenvalue weighted by molar-refractivity contribution is 7.15. The SMILES string of the molecule is OC1(Cc2ccc(-c3ccccc3)s2)CC1. The maximum atomic E-state index is 9.87. The second kappa shape index (κ2) is 3.72. The summed E-state index contributed by atoms with van der Waals surface area (Å²) in [4.78, 5) is 2.58. The zero-order valence-corrected chi connectivity index (χ0v) is 9.83. The molecule has 1 fully saturated rings. The van der Waals surface area contributed by atoms with Crippen LogP contribution in [0.3, 0.4) is 0 Å². The van der Waals surface area contributed by atoms with Gasteiger partial charge in [0.15, 0.2) is 0 Å². The van der Waals surface area contributed by atoms with Crippen LogP contribution in [0.15, 0.2) is 42.5 Å². The number of thiophene rings is 1. The predicted octanol–water partition coefficient (Wildman–Crippen LogP) is 3.48. The summed E-state index contributed by atoms with van der Waals surface area (Å²) in [6, 6.07) is 14.7. The molecule has 1 saturated carbocycles. The highest BCUT2D eigenvalue weighted by Gasteiger charge is 2.40. The van der Waals surface area contributed by atoms with Gasteiger partial charge in [0, 0.05) is 16.2 Å². The van der Waals surface area contributed by atoms with Crippen LogP contribution in [0, 0.1) is 0 Å². The topological polar surface area (TPSA) is 20.2 Å². The van der Waals surface area contributed by atoms with Gasteiger partial charge in [0.25, 0.3) is 0 Å². The van der Waals surface area contributed by atoms with E-state index in [1.807, 2.05) is 6.07 Å². The average Bonchev–Trinajstić information content (AvgIpc) is 2.86. The first kappa shape index (κ1) is 10.1. The van der Waals surface area contributed by atoms with Crippen molar-refractivity contribution in [1.82, 2.24) is 0 Å². The first-order valence-electron chi connectivity index (χ1n) is 5.62. The lowest BCUT2D eigenvalue weighted by molar-refractivity contribution is 0.152. The third-order valence-corrected chi connectivity index (χ3v) is 4.18. The van der Waals surface area contributed by atoms with Gasteiger partial charge in [-0.15, -0.1) is 11.3 Å². The van der Waals surface area contributed by atoms with Crippen LogP contribution in [-0.2, 0) is 6.42 Å². The molecule has 16 heavy (non-hydrogen) atoms. The highest BCUT2D eigenvalue weighted by atomic mass is 32.1. The fourth-order valence-corrected chi connectivity index (χ4v) is 3.03. The maximum absolute atomic E-state index is 9.87. The van der Waals surface area contributed by atoms with Crippen molar-refractivity contribution in [2.45, 2.75) is 24.9 Å². The number of aliphatic hydroxyl groups is 1. The fraction of sp³-hybridized carbons (Fsp3) is 0.286. The van der Waals surface area contributed by atoms with Gasteiger partial charge in [-0.25, -0.2) is 0 Å². The Kier molecular flexibility index (Phi) is 2.34. The summed E-state index contributed by atoms with van der Waals surface area (Å²) < 4.78 is 0. The Balaban J connectivity index is 1.82. The zero-order valence-electron chi connectivity index (χ0n) is 9.02. The van der Waals surface area contributed by atoms with E-state index in [2.05, 4.69) is 36.4 Å². The smallest absolute Gasteiger partial charge is 0.0698 e. The number of hydrogen-bond donors (Lipinski definition) is 1.